The van der Waals surface area contributed by atoms with Gasteiger partial charge in [0.15, 0.2) is 0 Å². The van der Waals surface area contributed by atoms with E-state index in [-0.39, 0.29) is 0 Å². The molecule has 0 fully saturated rings. The van der Waals surface area contributed by atoms with Crippen molar-refractivity contribution in [1.29, 1.82) is 0 Å². The molecule has 0 aliphatic carbocycles. The molecule has 0 aliphatic rings. The van der Waals surface area contributed by atoms with E-state index in [1.807, 2.05) is 18.2 Å². The molecule has 2 aromatic carbocycles. The Hall–Kier alpha value is -1.97. The smallest absolute Gasteiger partial charge is 0.124 e. The van der Waals surface area contributed by atoms with Gasteiger partial charge in [0.25, 0.3) is 0 Å². The molecule has 0 aliphatic heterocycles. The van der Waals surface area contributed by atoms with Gasteiger partial charge < -0.3 is 5.73 Å². The molecule has 1 aromatic heterocycles. The summed E-state index contributed by atoms with van der Waals surface area (Å²) in [5.74, 6) is 0. The maximum Gasteiger partial charge on any atom is 0.124 e. The number of rotatable bonds is 4. The highest BCUT2D eigenvalue weighted by Crippen LogP contribution is 2.28. The standard InChI is InChI=1S/C17H16N2S/c18-11-10-13-6-8-14(9-7-13)16-12-20-17(19-16)15-4-2-1-3-5-15/h1-9,12H,10-11,18H2. The molecule has 2 nitrogen and oxygen atoms in total. The van der Waals surface area contributed by atoms with Gasteiger partial charge in [-0.25, -0.2) is 4.98 Å². The van der Waals surface area contributed by atoms with E-state index in [1.165, 1.54) is 11.1 Å². The quantitative estimate of drug-likeness (QED) is 0.785. The maximum absolute atomic E-state index is 5.57. The van der Waals surface area contributed by atoms with Crippen molar-refractivity contribution in [3.8, 4) is 21.8 Å². The van der Waals surface area contributed by atoms with E-state index >= 15 is 0 Å². The molecule has 0 bridgehead atoms. The van der Waals surface area contributed by atoms with Gasteiger partial charge in [0.2, 0.25) is 0 Å². The highest BCUT2D eigenvalue weighted by Gasteiger charge is 2.06. The first kappa shape index (κ1) is 13.0. The molecule has 100 valence electrons. The third-order valence-electron chi connectivity index (χ3n) is 3.21. The van der Waals surface area contributed by atoms with E-state index < -0.39 is 0 Å². The van der Waals surface area contributed by atoms with Crippen LogP contribution in [-0.4, -0.2) is 11.5 Å². The second-order valence-electron chi connectivity index (χ2n) is 4.64. The SMILES string of the molecule is NCCc1ccc(-c2csc(-c3ccccc3)n2)cc1. The Morgan fingerprint density at radius 3 is 2.35 bits per heavy atom. The van der Waals surface area contributed by atoms with Crippen molar-refractivity contribution in [1.82, 2.24) is 4.98 Å². The third-order valence-corrected chi connectivity index (χ3v) is 4.10. The van der Waals surface area contributed by atoms with Crippen molar-refractivity contribution in [2.45, 2.75) is 6.42 Å². The highest BCUT2D eigenvalue weighted by molar-refractivity contribution is 7.13. The Morgan fingerprint density at radius 2 is 1.65 bits per heavy atom. The van der Waals surface area contributed by atoms with Crippen molar-refractivity contribution in [3.63, 3.8) is 0 Å². The van der Waals surface area contributed by atoms with Crippen molar-refractivity contribution < 1.29 is 0 Å². The van der Waals surface area contributed by atoms with Crippen LogP contribution in [0.25, 0.3) is 21.8 Å². The average Bonchev–Trinajstić information content (AvgIpc) is 2.99. The van der Waals surface area contributed by atoms with Gasteiger partial charge in [0.05, 0.1) is 5.69 Å². The second-order valence-corrected chi connectivity index (χ2v) is 5.50. The maximum atomic E-state index is 5.57. The van der Waals surface area contributed by atoms with Crippen molar-refractivity contribution in [2.75, 3.05) is 6.54 Å². The molecule has 20 heavy (non-hydrogen) atoms. The summed E-state index contributed by atoms with van der Waals surface area (Å²) in [5.41, 5.74) is 10.2. The summed E-state index contributed by atoms with van der Waals surface area (Å²) >= 11 is 1.68. The van der Waals surface area contributed by atoms with Crippen LogP contribution in [0.2, 0.25) is 0 Å². The Labute approximate surface area is 122 Å². The molecule has 3 aromatic rings. The van der Waals surface area contributed by atoms with Crippen LogP contribution in [0, 0.1) is 0 Å². The molecule has 3 heteroatoms. The predicted molar refractivity (Wildman–Crippen MR) is 85.7 cm³/mol. The Morgan fingerprint density at radius 1 is 0.900 bits per heavy atom. The molecule has 0 atom stereocenters. The molecular weight excluding hydrogens is 264 g/mol. The first-order chi connectivity index (χ1) is 9.86. The molecule has 0 amide bonds. The monoisotopic (exact) mass is 280 g/mol. The van der Waals surface area contributed by atoms with Crippen LogP contribution >= 0.6 is 11.3 Å². The van der Waals surface area contributed by atoms with E-state index in [0.717, 1.165) is 22.7 Å². The van der Waals surface area contributed by atoms with E-state index in [1.54, 1.807) is 11.3 Å². The zero-order chi connectivity index (χ0) is 13.8. The molecule has 0 radical (unpaired) electrons. The fraction of sp³-hybridized carbons (Fsp3) is 0.118. The fourth-order valence-corrected chi connectivity index (χ4v) is 2.96. The summed E-state index contributed by atoms with van der Waals surface area (Å²) in [6.45, 7) is 0.689. The topological polar surface area (TPSA) is 38.9 Å². The second kappa shape index (κ2) is 5.99. The van der Waals surface area contributed by atoms with Crippen LogP contribution in [0.3, 0.4) is 0 Å². The number of hydrogen-bond donors (Lipinski definition) is 1. The molecule has 0 saturated heterocycles. The predicted octanol–water partition coefficient (Wildman–Crippen LogP) is 3.98. The number of nitrogens with zero attached hydrogens (tertiary/aromatic N) is 1. The fourth-order valence-electron chi connectivity index (χ4n) is 2.13. The molecular formula is C17H16N2S. The summed E-state index contributed by atoms with van der Waals surface area (Å²) < 4.78 is 0. The lowest BCUT2D eigenvalue weighted by atomic mass is 10.1. The first-order valence-corrected chi connectivity index (χ1v) is 7.55. The Balaban J connectivity index is 1.86. The minimum atomic E-state index is 0.689. The summed E-state index contributed by atoms with van der Waals surface area (Å²) in [4.78, 5) is 4.72. The number of thiazole rings is 1. The molecule has 3 rings (SSSR count). The first-order valence-electron chi connectivity index (χ1n) is 6.67. The van der Waals surface area contributed by atoms with Crippen LogP contribution in [0.4, 0.5) is 0 Å². The van der Waals surface area contributed by atoms with Gasteiger partial charge in [-0.2, -0.15) is 0 Å². The summed E-state index contributed by atoms with van der Waals surface area (Å²) in [7, 11) is 0. The largest absolute Gasteiger partial charge is 0.330 e. The number of benzene rings is 2. The lowest BCUT2D eigenvalue weighted by molar-refractivity contribution is 0.969. The highest BCUT2D eigenvalue weighted by atomic mass is 32.1. The Kier molecular flexibility index (Phi) is 3.90. The van der Waals surface area contributed by atoms with Crippen LogP contribution in [0.15, 0.2) is 60.0 Å². The molecule has 0 spiro atoms. The number of nitrogens with two attached hydrogens (primary N) is 1. The number of hydrogen-bond acceptors (Lipinski definition) is 3. The minimum absolute atomic E-state index is 0.689. The zero-order valence-electron chi connectivity index (χ0n) is 11.1. The zero-order valence-corrected chi connectivity index (χ0v) is 11.9. The van der Waals surface area contributed by atoms with Crippen molar-refractivity contribution in [2.24, 2.45) is 5.73 Å². The van der Waals surface area contributed by atoms with Crippen LogP contribution in [0.1, 0.15) is 5.56 Å². The van der Waals surface area contributed by atoms with E-state index in [4.69, 9.17) is 10.7 Å². The molecule has 1 heterocycles. The van der Waals surface area contributed by atoms with E-state index in [9.17, 15) is 0 Å². The summed E-state index contributed by atoms with van der Waals surface area (Å²) in [5, 5.41) is 3.17. The molecule has 0 unspecified atom stereocenters. The van der Waals surface area contributed by atoms with Crippen molar-refractivity contribution >= 4 is 11.3 Å². The van der Waals surface area contributed by atoms with Gasteiger partial charge >= 0.3 is 0 Å². The molecule has 2 N–H and O–H groups in total. The van der Waals surface area contributed by atoms with Crippen LogP contribution < -0.4 is 5.73 Å². The van der Waals surface area contributed by atoms with Gasteiger partial charge in [-0.3, -0.25) is 0 Å². The van der Waals surface area contributed by atoms with Crippen LogP contribution in [-0.2, 0) is 6.42 Å². The normalized spacial score (nSPS) is 10.7. The van der Waals surface area contributed by atoms with E-state index in [0.29, 0.717) is 6.54 Å². The minimum Gasteiger partial charge on any atom is -0.330 e. The van der Waals surface area contributed by atoms with E-state index in [2.05, 4.69) is 41.8 Å². The van der Waals surface area contributed by atoms with Gasteiger partial charge in [0.1, 0.15) is 5.01 Å². The average molecular weight is 280 g/mol. The van der Waals surface area contributed by atoms with Gasteiger partial charge in [-0.15, -0.1) is 11.3 Å². The van der Waals surface area contributed by atoms with Gasteiger partial charge in [-0.05, 0) is 18.5 Å². The van der Waals surface area contributed by atoms with Crippen LogP contribution in [0.5, 0.6) is 0 Å². The summed E-state index contributed by atoms with van der Waals surface area (Å²) in [6, 6.07) is 18.8. The van der Waals surface area contributed by atoms with Crippen molar-refractivity contribution in [3.05, 3.63) is 65.5 Å². The third kappa shape index (κ3) is 2.79. The van der Waals surface area contributed by atoms with Gasteiger partial charge in [0, 0.05) is 16.5 Å². The lowest BCUT2D eigenvalue weighted by Crippen LogP contribution is -2.02. The summed E-state index contributed by atoms with van der Waals surface area (Å²) in [6.07, 6.45) is 0.923. The Bertz CT molecular complexity index is 672. The number of aromatic nitrogens is 1. The molecule has 0 saturated carbocycles. The van der Waals surface area contributed by atoms with Gasteiger partial charge in [-0.1, -0.05) is 54.6 Å². The lowest BCUT2D eigenvalue weighted by Gasteiger charge is -2.00.